The van der Waals surface area contributed by atoms with E-state index in [1.807, 2.05) is 29.2 Å². The molecule has 0 spiro atoms. The van der Waals surface area contributed by atoms with Crippen molar-refractivity contribution in [3.63, 3.8) is 0 Å². The molecule has 1 amide bonds. The molecule has 3 rings (SSSR count). The van der Waals surface area contributed by atoms with Gasteiger partial charge < -0.3 is 10.6 Å². The number of anilines is 1. The fourth-order valence-electron chi connectivity index (χ4n) is 2.36. The second-order valence-corrected chi connectivity index (χ2v) is 4.68. The fourth-order valence-corrected chi connectivity index (χ4v) is 2.36. The Balaban J connectivity index is 1.97. The van der Waals surface area contributed by atoms with E-state index in [0.29, 0.717) is 11.3 Å². The number of benzene rings is 1. The van der Waals surface area contributed by atoms with E-state index in [-0.39, 0.29) is 5.91 Å². The SMILES string of the molecule is Nc1ccc2cc(C(=O)N3CCCC3)cnc2c1. The zero-order chi connectivity index (χ0) is 12.5. The number of rotatable bonds is 1. The number of pyridine rings is 1. The number of fused-ring (bicyclic) bond motifs is 1. The van der Waals surface area contributed by atoms with Gasteiger partial charge in [0, 0.05) is 30.4 Å². The highest BCUT2D eigenvalue weighted by Crippen LogP contribution is 2.18. The van der Waals surface area contributed by atoms with E-state index in [2.05, 4.69) is 4.98 Å². The van der Waals surface area contributed by atoms with Gasteiger partial charge in [0.1, 0.15) is 0 Å². The van der Waals surface area contributed by atoms with Crippen LogP contribution in [0.4, 0.5) is 5.69 Å². The van der Waals surface area contributed by atoms with Gasteiger partial charge in [-0.15, -0.1) is 0 Å². The largest absolute Gasteiger partial charge is 0.399 e. The van der Waals surface area contributed by atoms with Crippen LogP contribution in [0.25, 0.3) is 10.9 Å². The molecular weight excluding hydrogens is 226 g/mol. The van der Waals surface area contributed by atoms with Gasteiger partial charge in [-0.05, 0) is 31.0 Å². The topological polar surface area (TPSA) is 59.2 Å². The molecule has 4 nitrogen and oxygen atoms in total. The van der Waals surface area contributed by atoms with Crippen molar-refractivity contribution in [2.24, 2.45) is 0 Å². The minimum absolute atomic E-state index is 0.0822. The van der Waals surface area contributed by atoms with Crippen LogP contribution >= 0.6 is 0 Å². The molecule has 18 heavy (non-hydrogen) atoms. The minimum Gasteiger partial charge on any atom is -0.399 e. The molecule has 4 heteroatoms. The van der Waals surface area contributed by atoms with Crippen molar-refractivity contribution in [3.05, 3.63) is 36.0 Å². The van der Waals surface area contributed by atoms with Crippen LogP contribution in [-0.4, -0.2) is 28.9 Å². The average molecular weight is 241 g/mol. The van der Waals surface area contributed by atoms with E-state index in [0.717, 1.165) is 36.8 Å². The van der Waals surface area contributed by atoms with Gasteiger partial charge >= 0.3 is 0 Å². The minimum atomic E-state index is 0.0822. The van der Waals surface area contributed by atoms with Gasteiger partial charge in [-0.3, -0.25) is 9.78 Å². The Morgan fingerprint density at radius 3 is 2.78 bits per heavy atom. The highest BCUT2D eigenvalue weighted by molar-refractivity contribution is 5.97. The van der Waals surface area contributed by atoms with Crippen LogP contribution in [0.5, 0.6) is 0 Å². The monoisotopic (exact) mass is 241 g/mol. The number of carbonyl (C=O) groups excluding carboxylic acids is 1. The average Bonchev–Trinajstić information content (AvgIpc) is 2.91. The zero-order valence-electron chi connectivity index (χ0n) is 10.1. The van der Waals surface area contributed by atoms with Gasteiger partial charge in [0.25, 0.3) is 5.91 Å². The summed E-state index contributed by atoms with van der Waals surface area (Å²) >= 11 is 0. The van der Waals surface area contributed by atoms with Crippen LogP contribution in [-0.2, 0) is 0 Å². The van der Waals surface area contributed by atoms with Crippen LogP contribution < -0.4 is 5.73 Å². The number of carbonyl (C=O) groups is 1. The molecule has 92 valence electrons. The van der Waals surface area contributed by atoms with Crippen LogP contribution in [0.3, 0.4) is 0 Å². The lowest BCUT2D eigenvalue weighted by Crippen LogP contribution is -2.27. The molecule has 1 saturated heterocycles. The molecule has 0 unspecified atom stereocenters. The summed E-state index contributed by atoms with van der Waals surface area (Å²) in [6.07, 6.45) is 3.84. The normalized spacial score (nSPS) is 15.2. The number of nitrogens with two attached hydrogens (primary N) is 1. The van der Waals surface area contributed by atoms with E-state index in [1.165, 1.54) is 0 Å². The molecular formula is C14H15N3O. The summed E-state index contributed by atoms with van der Waals surface area (Å²) < 4.78 is 0. The van der Waals surface area contributed by atoms with Crippen molar-refractivity contribution in [3.8, 4) is 0 Å². The maximum Gasteiger partial charge on any atom is 0.255 e. The van der Waals surface area contributed by atoms with Crippen molar-refractivity contribution < 1.29 is 4.79 Å². The Labute approximate surface area is 105 Å². The number of hydrogen-bond donors (Lipinski definition) is 1. The van der Waals surface area contributed by atoms with Crippen LogP contribution in [0.15, 0.2) is 30.5 Å². The third-order valence-electron chi connectivity index (χ3n) is 3.35. The second kappa shape index (κ2) is 4.29. The van der Waals surface area contributed by atoms with Crippen LogP contribution in [0, 0.1) is 0 Å². The molecule has 1 aromatic heterocycles. The molecule has 2 aromatic rings. The van der Waals surface area contributed by atoms with Crippen molar-refractivity contribution in [2.75, 3.05) is 18.8 Å². The maximum atomic E-state index is 12.2. The molecule has 1 aromatic carbocycles. The van der Waals surface area contributed by atoms with E-state index >= 15 is 0 Å². The lowest BCUT2D eigenvalue weighted by atomic mass is 10.1. The Morgan fingerprint density at radius 2 is 2.00 bits per heavy atom. The van der Waals surface area contributed by atoms with E-state index in [1.54, 1.807) is 6.20 Å². The Kier molecular flexibility index (Phi) is 2.63. The van der Waals surface area contributed by atoms with Crippen molar-refractivity contribution in [1.82, 2.24) is 9.88 Å². The van der Waals surface area contributed by atoms with Gasteiger partial charge in [-0.1, -0.05) is 6.07 Å². The van der Waals surface area contributed by atoms with Gasteiger partial charge in [-0.2, -0.15) is 0 Å². The van der Waals surface area contributed by atoms with E-state index in [4.69, 9.17) is 5.73 Å². The number of nitrogen functional groups attached to an aromatic ring is 1. The van der Waals surface area contributed by atoms with Gasteiger partial charge in [0.2, 0.25) is 0 Å². The zero-order valence-corrected chi connectivity index (χ0v) is 10.1. The predicted molar refractivity (Wildman–Crippen MR) is 71.3 cm³/mol. The van der Waals surface area contributed by atoms with Crippen molar-refractivity contribution in [1.29, 1.82) is 0 Å². The van der Waals surface area contributed by atoms with Gasteiger partial charge in [-0.25, -0.2) is 0 Å². The van der Waals surface area contributed by atoms with Gasteiger partial charge in [0.05, 0.1) is 11.1 Å². The highest BCUT2D eigenvalue weighted by atomic mass is 16.2. The molecule has 0 aliphatic carbocycles. The summed E-state index contributed by atoms with van der Waals surface area (Å²) in [6, 6.07) is 7.44. The predicted octanol–water partition coefficient (Wildman–Crippen LogP) is 2.05. The molecule has 0 atom stereocenters. The smallest absolute Gasteiger partial charge is 0.255 e. The van der Waals surface area contributed by atoms with E-state index in [9.17, 15) is 4.79 Å². The summed E-state index contributed by atoms with van der Waals surface area (Å²) in [4.78, 5) is 18.4. The molecule has 0 radical (unpaired) electrons. The number of amides is 1. The third kappa shape index (κ3) is 1.90. The Bertz CT molecular complexity index is 603. The van der Waals surface area contributed by atoms with Crippen LogP contribution in [0.2, 0.25) is 0 Å². The number of nitrogens with zero attached hydrogens (tertiary/aromatic N) is 2. The third-order valence-corrected chi connectivity index (χ3v) is 3.35. The molecule has 1 fully saturated rings. The fraction of sp³-hybridized carbons (Fsp3) is 0.286. The number of hydrogen-bond acceptors (Lipinski definition) is 3. The highest BCUT2D eigenvalue weighted by Gasteiger charge is 2.19. The molecule has 1 aliphatic heterocycles. The molecule has 0 bridgehead atoms. The summed E-state index contributed by atoms with van der Waals surface area (Å²) in [7, 11) is 0. The molecule has 2 heterocycles. The van der Waals surface area contributed by atoms with Crippen LogP contribution in [0.1, 0.15) is 23.2 Å². The maximum absolute atomic E-state index is 12.2. The lowest BCUT2D eigenvalue weighted by molar-refractivity contribution is 0.0792. The first-order chi connectivity index (χ1) is 8.74. The first-order valence-corrected chi connectivity index (χ1v) is 6.18. The quantitative estimate of drug-likeness (QED) is 0.777. The molecule has 1 aliphatic rings. The number of likely N-dealkylation sites (tertiary alicyclic amines) is 1. The summed E-state index contributed by atoms with van der Waals surface area (Å²) in [6.45, 7) is 1.72. The summed E-state index contributed by atoms with van der Waals surface area (Å²) in [5.74, 6) is 0.0822. The van der Waals surface area contributed by atoms with E-state index < -0.39 is 0 Å². The lowest BCUT2D eigenvalue weighted by Gasteiger charge is -2.15. The first kappa shape index (κ1) is 11.0. The Morgan fingerprint density at radius 1 is 1.22 bits per heavy atom. The first-order valence-electron chi connectivity index (χ1n) is 6.18. The molecule has 2 N–H and O–H groups in total. The van der Waals surface area contributed by atoms with Gasteiger partial charge in [0.15, 0.2) is 0 Å². The summed E-state index contributed by atoms with van der Waals surface area (Å²) in [5, 5.41) is 0.953. The Hall–Kier alpha value is -2.10. The standard InChI is InChI=1S/C14H15N3O/c15-12-4-3-10-7-11(9-16-13(10)8-12)14(18)17-5-1-2-6-17/h3-4,7-9H,1-2,5-6,15H2. The van der Waals surface area contributed by atoms with Crippen molar-refractivity contribution >= 4 is 22.5 Å². The molecule has 0 saturated carbocycles. The number of aromatic nitrogens is 1. The second-order valence-electron chi connectivity index (χ2n) is 4.68. The summed E-state index contributed by atoms with van der Waals surface area (Å²) in [5.41, 5.74) is 7.88. The van der Waals surface area contributed by atoms with Crippen molar-refractivity contribution in [2.45, 2.75) is 12.8 Å².